The molecule has 1 nitrogen and oxygen atoms in total. The normalized spacial score (nSPS) is 34.5. The van der Waals surface area contributed by atoms with Crippen LogP contribution in [0.5, 0.6) is 0 Å². The lowest BCUT2D eigenvalue weighted by atomic mass is 9.72. The lowest BCUT2D eigenvalue weighted by Crippen LogP contribution is -2.41. The molecular weight excluding hydrogens is 310 g/mol. The number of allylic oxidation sites excluding steroid dienone is 4. The monoisotopic (exact) mass is 329 g/mol. The molecule has 0 spiro atoms. The van der Waals surface area contributed by atoms with Crippen LogP contribution < -0.4 is 5.32 Å². The molecule has 0 saturated carbocycles. The van der Waals surface area contributed by atoms with Crippen LogP contribution in [0, 0.1) is 11.8 Å². The van der Waals surface area contributed by atoms with Crippen LogP contribution in [0.4, 0.5) is 5.69 Å². The summed E-state index contributed by atoms with van der Waals surface area (Å²) in [5.41, 5.74) is 2.82. The van der Waals surface area contributed by atoms with Gasteiger partial charge in [0.25, 0.3) is 0 Å². The summed E-state index contributed by atoms with van der Waals surface area (Å²) < 4.78 is 1.19. The van der Waals surface area contributed by atoms with Crippen LogP contribution in [-0.2, 0) is 0 Å². The Morgan fingerprint density at radius 3 is 2.90 bits per heavy atom. The highest BCUT2D eigenvalue weighted by Gasteiger charge is 2.40. The van der Waals surface area contributed by atoms with Crippen molar-refractivity contribution < 1.29 is 0 Å². The van der Waals surface area contributed by atoms with Crippen LogP contribution >= 0.6 is 15.9 Å². The van der Waals surface area contributed by atoms with Gasteiger partial charge in [0.2, 0.25) is 0 Å². The Morgan fingerprint density at radius 1 is 1.10 bits per heavy atom. The Morgan fingerprint density at radius 2 is 2.05 bits per heavy atom. The van der Waals surface area contributed by atoms with E-state index in [9.17, 15) is 0 Å². The Hall–Kier alpha value is -1.02. The van der Waals surface area contributed by atoms with Gasteiger partial charge in [-0.2, -0.15) is 0 Å². The predicted octanol–water partition coefficient (Wildman–Crippen LogP) is 5.26. The van der Waals surface area contributed by atoms with E-state index in [1.807, 2.05) is 0 Å². The molecule has 4 atom stereocenters. The van der Waals surface area contributed by atoms with Gasteiger partial charge in [0.15, 0.2) is 0 Å². The molecule has 20 heavy (non-hydrogen) atoms. The quantitative estimate of drug-likeness (QED) is 0.693. The first-order chi connectivity index (χ1) is 9.83. The summed E-state index contributed by atoms with van der Waals surface area (Å²) in [6, 6.07) is 7.33. The van der Waals surface area contributed by atoms with Crippen molar-refractivity contribution in [3.8, 4) is 0 Å². The van der Waals surface area contributed by atoms with Crippen molar-refractivity contribution in [1.82, 2.24) is 0 Å². The topological polar surface area (TPSA) is 12.0 Å². The fourth-order valence-corrected chi connectivity index (χ4v) is 4.59. The molecule has 4 rings (SSSR count). The van der Waals surface area contributed by atoms with E-state index >= 15 is 0 Å². The standard InChI is InChI=1S/C18H20BrN/c19-13-9-10-17-16(11-13)14-7-4-8-15(14)18(20-17)12-5-2-1-3-6-12/h1-2,4,7,9-12,14-15,18,20H,3,5-6,8H2/t12-,14-,15+,18-/m0/s1. The molecule has 2 aliphatic carbocycles. The van der Waals surface area contributed by atoms with E-state index in [1.54, 1.807) is 0 Å². The van der Waals surface area contributed by atoms with Gasteiger partial charge < -0.3 is 5.32 Å². The predicted molar refractivity (Wildman–Crippen MR) is 88.0 cm³/mol. The average Bonchev–Trinajstić information content (AvgIpc) is 2.97. The largest absolute Gasteiger partial charge is 0.381 e. The second-order valence-corrected chi connectivity index (χ2v) is 7.22. The van der Waals surface area contributed by atoms with E-state index < -0.39 is 0 Å². The number of fused-ring (bicyclic) bond motifs is 3. The summed E-state index contributed by atoms with van der Waals surface area (Å²) in [5.74, 6) is 2.15. The maximum atomic E-state index is 3.87. The SMILES string of the molecule is Brc1ccc2c(c1)[C@H]1C=CC[C@H]1[C@H]([C@H]1CC=CCC1)N2. The molecule has 0 radical (unpaired) electrons. The second-order valence-electron chi connectivity index (χ2n) is 6.30. The third kappa shape index (κ3) is 2.05. The molecule has 1 aromatic rings. The number of halogens is 1. The lowest BCUT2D eigenvalue weighted by molar-refractivity contribution is 0.294. The second kappa shape index (κ2) is 5.07. The van der Waals surface area contributed by atoms with E-state index in [0.717, 1.165) is 11.8 Å². The molecule has 0 amide bonds. The number of anilines is 1. The minimum atomic E-state index is 0.611. The number of hydrogen-bond donors (Lipinski definition) is 1. The molecule has 1 heterocycles. The molecule has 3 aliphatic rings. The third-order valence-corrected chi connectivity index (χ3v) is 5.68. The smallest absolute Gasteiger partial charge is 0.0382 e. The van der Waals surface area contributed by atoms with Crippen LogP contribution in [0.3, 0.4) is 0 Å². The van der Waals surface area contributed by atoms with Crippen LogP contribution in [0.15, 0.2) is 47.0 Å². The molecule has 1 N–H and O–H groups in total. The summed E-state index contributed by atoms with van der Waals surface area (Å²) in [6.45, 7) is 0. The number of hydrogen-bond acceptors (Lipinski definition) is 1. The highest BCUT2D eigenvalue weighted by atomic mass is 79.9. The van der Waals surface area contributed by atoms with Crippen molar-refractivity contribution in [3.63, 3.8) is 0 Å². The van der Waals surface area contributed by atoms with Crippen LogP contribution in [0.2, 0.25) is 0 Å². The highest BCUT2D eigenvalue weighted by molar-refractivity contribution is 9.10. The number of rotatable bonds is 1. The molecule has 2 heteroatoms. The zero-order valence-electron chi connectivity index (χ0n) is 11.6. The van der Waals surface area contributed by atoms with E-state index in [1.165, 1.54) is 41.4 Å². The first-order valence-corrected chi connectivity index (χ1v) is 8.50. The van der Waals surface area contributed by atoms with Crippen molar-refractivity contribution >= 4 is 21.6 Å². The van der Waals surface area contributed by atoms with Crippen LogP contribution in [-0.4, -0.2) is 6.04 Å². The molecule has 0 aromatic heterocycles. The fraction of sp³-hybridized carbons (Fsp3) is 0.444. The maximum Gasteiger partial charge on any atom is 0.0382 e. The Balaban J connectivity index is 1.70. The lowest BCUT2D eigenvalue weighted by Gasteiger charge is -2.42. The summed E-state index contributed by atoms with van der Waals surface area (Å²) in [5, 5.41) is 3.87. The van der Waals surface area contributed by atoms with Gasteiger partial charge >= 0.3 is 0 Å². The molecule has 104 valence electrons. The molecule has 1 aliphatic heterocycles. The van der Waals surface area contributed by atoms with Gasteiger partial charge in [0, 0.05) is 22.1 Å². The van der Waals surface area contributed by atoms with Gasteiger partial charge in [-0.3, -0.25) is 0 Å². The van der Waals surface area contributed by atoms with Crippen molar-refractivity contribution in [2.24, 2.45) is 11.8 Å². The highest BCUT2D eigenvalue weighted by Crippen LogP contribution is 2.48. The zero-order valence-corrected chi connectivity index (χ0v) is 13.1. The van der Waals surface area contributed by atoms with Gasteiger partial charge in [-0.05, 0) is 61.3 Å². The summed E-state index contributed by atoms with van der Waals surface area (Å²) in [6.07, 6.45) is 14.6. The Kier molecular flexibility index (Phi) is 3.22. The summed E-state index contributed by atoms with van der Waals surface area (Å²) in [7, 11) is 0. The van der Waals surface area contributed by atoms with E-state index in [0.29, 0.717) is 12.0 Å². The molecule has 0 bridgehead atoms. The molecule has 0 saturated heterocycles. The summed E-state index contributed by atoms with van der Waals surface area (Å²) >= 11 is 3.62. The minimum absolute atomic E-state index is 0.611. The van der Waals surface area contributed by atoms with Crippen molar-refractivity contribution in [2.45, 2.75) is 37.6 Å². The molecule has 1 aromatic carbocycles. The van der Waals surface area contributed by atoms with Gasteiger partial charge in [-0.25, -0.2) is 0 Å². The van der Waals surface area contributed by atoms with Gasteiger partial charge in [0.05, 0.1) is 0 Å². The van der Waals surface area contributed by atoms with Gasteiger partial charge in [-0.15, -0.1) is 0 Å². The van der Waals surface area contributed by atoms with Gasteiger partial charge in [0.1, 0.15) is 0 Å². The molecular formula is C18H20BrN. The number of benzene rings is 1. The number of nitrogens with one attached hydrogen (secondary N) is 1. The van der Waals surface area contributed by atoms with Gasteiger partial charge in [-0.1, -0.05) is 40.2 Å². The van der Waals surface area contributed by atoms with E-state index in [4.69, 9.17) is 0 Å². The minimum Gasteiger partial charge on any atom is -0.381 e. The fourth-order valence-electron chi connectivity index (χ4n) is 4.21. The average molecular weight is 330 g/mol. The Bertz CT molecular complexity index is 575. The van der Waals surface area contributed by atoms with E-state index in [-0.39, 0.29) is 0 Å². The first kappa shape index (κ1) is 12.7. The van der Waals surface area contributed by atoms with Crippen LogP contribution in [0.25, 0.3) is 0 Å². The Labute approximate surface area is 129 Å². The zero-order chi connectivity index (χ0) is 13.5. The first-order valence-electron chi connectivity index (χ1n) is 7.70. The molecule has 0 unspecified atom stereocenters. The maximum absolute atomic E-state index is 3.87. The van der Waals surface area contributed by atoms with E-state index in [2.05, 4.69) is 63.7 Å². The van der Waals surface area contributed by atoms with Crippen molar-refractivity contribution in [2.75, 3.05) is 5.32 Å². The molecule has 0 fully saturated rings. The third-order valence-electron chi connectivity index (χ3n) is 5.19. The summed E-state index contributed by atoms with van der Waals surface area (Å²) in [4.78, 5) is 0. The van der Waals surface area contributed by atoms with Crippen molar-refractivity contribution in [3.05, 3.63) is 52.5 Å². The van der Waals surface area contributed by atoms with Crippen LogP contribution in [0.1, 0.15) is 37.2 Å². The van der Waals surface area contributed by atoms with Crippen molar-refractivity contribution in [1.29, 1.82) is 0 Å².